The van der Waals surface area contributed by atoms with Crippen LogP contribution in [0.3, 0.4) is 0 Å². The molecule has 0 saturated carbocycles. The third-order valence-electron chi connectivity index (χ3n) is 4.35. The molecule has 2 aromatic carbocycles. The molecule has 26 heavy (non-hydrogen) atoms. The third kappa shape index (κ3) is 5.31. The van der Waals surface area contributed by atoms with Crippen molar-refractivity contribution in [3.8, 4) is 0 Å². The van der Waals surface area contributed by atoms with Gasteiger partial charge < -0.3 is 10.6 Å². The Hall–Kier alpha value is -2.88. The average Bonchev–Trinajstić information content (AvgIpc) is 2.67. The van der Waals surface area contributed by atoms with Gasteiger partial charge in [0.25, 0.3) is 0 Å². The number of carbonyl (C=O) groups excluding carboxylic acids is 2. The van der Waals surface area contributed by atoms with Crippen molar-refractivity contribution in [1.29, 1.82) is 0 Å². The van der Waals surface area contributed by atoms with Crippen molar-refractivity contribution < 1.29 is 9.59 Å². The van der Waals surface area contributed by atoms with E-state index in [1.54, 1.807) is 6.08 Å². The number of benzene rings is 2. The summed E-state index contributed by atoms with van der Waals surface area (Å²) in [4.78, 5) is 25.3. The smallest absolute Gasteiger partial charge is 0.233 e. The summed E-state index contributed by atoms with van der Waals surface area (Å²) >= 11 is 0. The minimum Gasteiger partial charge on any atom is -0.349 e. The Morgan fingerprint density at radius 1 is 0.846 bits per heavy atom. The summed E-state index contributed by atoms with van der Waals surface area (Å²) in [6, 6.07) is 19.0. The highest BCUT2D eigenvalue weighted by Crippen LogP contribution is 2.16. The summed E-state index contributed by atoms with van der Waals surface area (Å²) in [5, 5.41) is 5.85. The van der Waals surface area contributed by atoms with E-state index in [4.69, 9.17) is 0 Å². The van der Waals surface area contributed by atoms with Crippen molar-refractivity contribution in [1.82, 2.24) is 10.6 Å². The van der Waals surface area contributed by atoms with E-state index >= 15 is 0 Å². The number of allylic oxidation sites excluding steroid dienone is 1. The molecule has 0 unspecified atom stereocenters. The van der Waals surface area contributed by atoms with E-state index in [1.165, 1.54) is 0 Å². The van der Waals surface area contributed by atoms with Crippen LogP contribution in [-0.4, -0.2) is 11.8 Å². The normalized spacial score (nSPS) is 12.9. The number of hydrogen-bond donors (Lipinski definition) is 2. The van der Waals surface area contributed by atoms with E-state index in [2.05, 4.69) is 17.2 Å². The maximum atomic E-state index is 12.7. The molecule has 2 atom stereocenters. The molecule has 136 valence electrons. The molecule has 0 radical (unpaired) electrons. The number of hydrogen-bond acceptors (Lipinski definition) is 2. The number of nitrogens with one attached hydrogen (secondary N) is 2. The largest absolute Gasteiger partial charge is 0.349 e. The zero-order chi connectivity index (χ0) is 18.9. The Labute approximate surface area is 155 Å². The van der Waals surface area contributed by atoms with Gasteiger partial charge in [-0.25, -0.2) is 0 Å². The highest BCUT2D eigenvalue weighted by Gasteiger charge is 2.27. The van der Waals surface area contributed by atoms with Crippen LogP contribution < -0.4 is 10.6 Å². The van der Waals surface area contributed by atoms with E-state index in [9.17, 15) is 9.59 Å². The summed E-state index contributed by atoms with van der Waals surface area (Å²) in [6.45, 7) is 7.49. The first-order valence-electron chi connectivity index (χ1n) is 8.84. The second-order valence-corrected chi connectivity index (χ2v) is 6.36. The maximum absolute atomic E-state index is 12.7. The first-order chi connectivity index (χ1) is 12.5. The lowest BCUT2D eigenvalue weighted by Crippen LogP contribution is -2.42. The second-order valence-electron chi connectivity index (χ2n) is 6.36. The van der Waals surface area contributed by atoms with Gasteiger partial charge in [-0.2, -0.15) is 0 Å². The Balaban J connectivity index is 2.03. The minimum absolute atomic E-state index is 0.171. The molecule has 2 rings (SSSR count). The summed E-state index contributed by atoms with van der Waals surface area (Å²) in [6.07, 6.45) is 1.89. The van der Waals surface area contributed by atoms with Crippen LogP contribution >= 0.6 is 0 Å². The predicted molar refractivity (Wildman–Crippen MR) is 104 cm³/mol. The Bertz CT molecular complexity index is 669. The van der Waals surface area contributed by atoms with Gasteiger partial charge in [-0.3, -0.25) is 9.59 Å². The monoisotopic (exact) mass is 350 g/mol. The maximum Gasteiger partial charge on any atom is 0.233 e. The van der Waals surface area contributed by atoms with E-state index in [-0.39, 0.29) is 23.9 Å². The van der Waals surface area contributed by atoms with Crippen LogP contribution in [-0.2, 0) is 9.59 Å². The summed E-state index contributed by atoms with van der Waals surface area (Å²) in [5.41, 5.74) is 1.99. The van der Waals surface area contributed by atoms with Gasteiger partial charge in [0, 0.05) is 0 Å². The zero-order valence-electron chi connectivity index (χ0n) is 15.3. The Kier molecular flexibility index (Phi) is 7.15. The van der Waals surface area contributed by atoms with Crippen LogP contribution in [0, 0.1) is 5.92 Å². The van der Waals surface area contributed by atoms with Gasteiger partial charge in [0.2, 0.25) is 11.8 Å². The lowest BCUT2D eigenvalue weighted by Gasteiger charge is -2.21. The topological polar surface area (TPSA) is 58.2 Å². The van der Waals surface area contributed by atoms with Gasteiger partial charge in [0.1, 0.15) is 5.92 Å². The first kappa shape index (κ1) is 19.4. The van der Waals surface area contributed by atoms with E-state index < -0.39 is 5.92 Å². The van der Waals surface area contributed by atoms with Crippen LogP contribution in [0.15, 0.2) is 73.3 Å². The third-order valence-corrected chi connectivity index (χ3v) is 4.35. The molecule has 2 amide bonds. The minimum atomic E-state index is -0.801. The lowest BCUT2D eigenvalue weighted by molar-refractivity contribution is -0.135. The van der Waals surface area contributed by atoms with Crippen LogP contribution in [0.5, 0.6) is 0 Å². The fraction of sp³-hybridized carbons (Fsp3) is 0.273. The highest BCUT2D eigenvalue weighted by atomic mass is 16.2. The van der Waals surface area contributed by atoms with Crippen molar-refractivity contribution in [3.63, 3.8) is 0 Å². The lowest BCUT2D eigenvalue weighted by atomic mass is 10.0. The van der Waals surface area contributed by atoms with E-state index in [0.29, 0.717) is 6.42 Å². The summed E-state index contributed by atoms with van der Waals surface area (Å²) in [7, 11) is 0. The summed E-state index contributed by atoms with van der Waals surface area (Å²) < 4.78 is 0. The molecular formula is C22H26N2O2. The van der Waals surface area contributed by atoms with E-state index in [1.807, 2.05) is 74.5 Å². The standard InChI is InChI=1S/C22H26N2O2/c1-4-11-20(21(25)23-16(2)18-12-7-5-8-13-18)22(26)24-17(3)19-14-9-6-10-15-19/h4-10,12-17,20H,1,11H2,2-3H3,(H,23,25)(H,24,26)/t16-,17-/m1/s1. The van der Waals surface area contributed by atoms with Gasteiger partial charge in [-0.1, -0.05) is 66.7 Å². The molecule has 0 bridgehead atoms. The molecule has 0 aliphatic carbocycles. The van der Waals surface area contributed by atoms with Crippen LogP contribution in [0.2, 0.25) is 0 Å². The number of amides is 2. The molecule has 0 aliphatic heterocycles. The van der Waals surface area contributed by atoms with Crippen molar-refractivity contribution >= 4 is 11.8 Å². The molecule has 0 aromatic heterocycles. The second kappa shape index (κ2) is 9.56. The van der Waals surface area contributed by atoms with Crippen molar-refractivity contribution in [2.24, 2.45) is 5.92 Å². The molecule has 0 aliphatic rings. The molecule has 2 aromatic rings. The van der Waals surface area contributed by atoms with Crippen molar-refractivity contribution in [2.45, 2.75) is 32.4 Å². The molecule has 0 fully saturated rings. The highest BCUT2D eigenvalue weighted by molar-refractivity contribution is 6.00. The quantitative estimate of drug-likeness (QED) is 0.560. The molecule has 4 heteroatoms. The van der Waals surface area contributed by atoms with Crippen LogP contribution in [0.25, 0.3) is 0 Å². The average molecular weight is 350 g/mol. The Morgan fingerprint density at radius 3 is 1.58 bits per heavy atom. The molecule has 4 nitrogen and oxygen atoms in total. The summed E-state index contributed by atoms with van der Waals surface area (Å²) in [5.74, 6) is -1.39. The SMILES string of the molecule is C=CCC(C(=O)N[C@H](C)c1ccccc1)C(=O)N[C@H](C)c1ccccc1. The predicted octanol–water partition coefficient (Wildman–Crippen LogP) is 3.93. The van der Waals surface area contributed by atoms with Crippen molar-refractivity contribution in [3.05, 3.63) is 84.4 Å². The van der Waals surface area contributed by atoms with E-state index in [0.717, 1.165) is 11.1 Å². The van der Waals surface area contributed by atoms with Gasteiger partial charge >= 0.3 is 0 Å². The molecule has 2 N–H and O–H groups in total. The van der Waals surface area contributed by atoms with Gasteiger partial charge in [-0.05, 0) is 31.4 Å². The molecule has 0 saturated heterocycles. The first-order valence-corrected chi connectivity index (χ1v) is 8.84. The number of carbonyl (C=O) groups is 2. The molecule has 0 heterocycles. The fourth-order valence-electron chi connectivity index (χ4n) is 2.78. The van der Waals surface area contributed by atoms with Gasteiger partial charge in [-0.15, -0.1) is 6.58 Å². The van der Waals surface area contributed by atoms with Crippen LogP contribution in [0.1, 0.15) is 43.5 Å². The number of rotatable bonds is 8. The van der Waals surface area contributed by atoms with Gasteiger partial charge in [0.15, 0.2) is 0 Å². The van der Waals surface area contributed by atoms with Gasteiger partial charge in [0.05, 0.1) is 12.1 Å². The zero-order valence-corrected chi connectivity index (χ0v) is 15.3. The fourth-order valence-corrected chi connectivity index (χ4v) is 2.78. The van der Waals surface area contributed by atoms with Crippen molar-refractivity contribution in [2.75, 3.05) is 0 Å². The molecular weight excluding hydrogens is 324 g/mol. The van der Waals surface area contributed by atoms with Crippen LogP contribution in [0.4, 0.5) is 0 Å². The molecule has 0 spiro atoms. The Morgan fingerprint density at radius 2 is 1.23 bits per heavy atom.